The minimum absolute atomic E-state index is 0.00316. The molecular formula is C14H23NO4S. The molecule has 0 aliphatic rings. The number of methoxy groups -OCH3 is 1. The van der Waals surface area contributed by atoms with Gasteiger partial charge in [0.25, 0.3) is 0 Å². The fourth-order valence-electron chi connectivity index (χ4n) is 1.84. The molecule has 114 valence electrons. The third-order valence-corrected chi connectivity index (χ3v) is 4.13. The maximum Gasteiger partial charge on any atom is 0.240 e. The molecule has 1 rings (SSSR count). The third kappa shape index (κ3) is 5.48. The molecule has 1 aromatic carbocycles. The molecule has 0 aliphatic carbocycles. The Morgan fingerprint density at radius 3 is 2.55 bits per heavy atom. The lowest BCUT2D eigenvalue weighted by Gasteiger charge is -2.22. The van der Waals surface area contributed by atoms with Gasteiger partial charge in [0.05, 0.1) is 18.1 Å². The van der Waals surface area contributed by atoms with E-state index >= 15 is 0 Å². The van der Waals surface area contributed by atoms with Gasteiger partial charge >= 0.3 is 0 Å². The number of aliphatic hydroxyl groups excluding tert-OH is 1. The molecule has 20 heavy (non-hydrogen) atoms. The van der Waals surface area contributed by atoms with E-state index in [0.717, 1.165) is 0 Å². The molecule has 6 heteroatoms. The Morgan fingerprint density at radius 1 is 1.35 bits per heavy atom. The van der Waals surface area contributed by atoms with Gasteiger partial charge < -0.3 is 9.84 Å². The number of rotatable bonds is 6. The molecule has 1 aromatic rings. The van der Waals surface area contributed by atoms with E-state index in [1.54, 1.807) is 12.1 Å². The summed E-state index contributed by atoms with van der Waals surface area (Å²) in [5.41, 5.74) is -0.0547. The zero-order valence-electron chi connectivity index (χ0n) is 12.4. The van der Waals surface area contributed by atoms with Crippen molar-refractivity contribution in [3.05, 3.63) is 24.3 Å². The molecule has 0 saturated heterocycles. The highest BCUT2D eigenvalue weighted by atomic mass is 32.2. The normalized spacial score (nSPS) is 14.1. The van der Waals surface area contributed by atoms with Crippen molar-refractivity contribution in [3.63, 3.8) is 0 Å². The number of aliphatic hydroxyl groups is 1. The minimum atomic E-state index is -3.63. The Bertz CT molecular complexity index is 534. The van der Waals surface area contributed by atoms with Gasteiger partial charge in [-0.15, -0.1) is 0 Å². The van der Waals surface area contributed by atoms with Crippen LogP contribution in [0, 0.1) is 5.41 Å². The number of hydrogen-bond donors (Lipinski definition) is 2. The predicted molar refractivity (Wildman–Crippen MR) is 78.3 cm³/mol. The summed E-state index contributed by atoms with van der Waals surface area (Å²) >= 11 is 0. The minimum Gasteiger partial charge on any atom is -0.497 e. The van der Waals surface area contributed by atoms with Crippen molar-refractivity contribution in [3.8, 4) is 5.75 Å². The second-order valence-corrected chi connectivity index (χ2v) is 7.72. The molecule has 0 spiro atoms. The fraction of sp³-hybridized carbons (Fsp3) is 0.571. The number of nitrogens with one attached hydrogen (secondary N) is 1. The third-order valence-electron chi connectivity index (χ3n) is 2.71. The lowest BCUT2D eigenvalue weighted by Crippen LogP contribution is -2.34. The lowest BCUT2D eigenvalue weighted by atomic mass is 9.89. The standard InChI is InChI=1S/C14H23NO4S/c1-14(2,3)9-11(16)10-15-20(17,18)13-7-5-6-12(8-13)19-4/h5-8,11,15-16H,9-10H2,1-4H3. The van der Waals surface area contributed by atoms with Gasteiger partial charge in [-0.2, -0.15) is 0 Å². The number of hydrogen-bond acceptors (Lipinski definition) is 4. The first-order chi connectivity index (χ1) is 9.14. The zero-order chi connectivity index (χ0) is 15.4. The van der Waals surface area contributed by atoms with E-state index in [1.807, 2.05) is 20.8 Å². The van der Waals surface area contributed by atoms with Crippen molar-refractivity contribution in [1.29, 1.82) is 0 Å². The van der Waals surface area contributed by atoms with E-state index in [9.17, 15) is 13.5 Å². The summed E-state index contributed by atoms with van der Waals surface area (Å²) in [5, 5.41) is 9.84. The lowest BCUT2D eigenvalue weighted by molar-refractivity contribution is 0.125. The summed E-state index contributed by atoms with van der Waals surface area (Å²) in [5.74, 6) is 0.475. The van der Waals surface area contributed by atoms with Crippen molar-refractivity contribution in [1.82, 2.24) is 4.72 Å². The fourth-order valence-corrected chi connectivity index (χ4v) is 2.94. The molecule has 2 N–H and O–H groups in total. The second kappa shape index (κ2) is 6.56. The highest BCUT2D eigenvalue weighted by Gasteiger charge is 2.20. The van der Waals surface area contributed by atoms with Crippen molar-refractivity contribution < 1.29 is 18.3 Å². The van der Waals surface area contributed by atoms with E-state index in [4.69, 9.17) is 4.74 Å². The molecule has 0 aliphatic heterocycles. The molecule has 0 saturated carbocycles. The summed E-state index contributed by atoms with van der Waals surface area (Å²) in [4.78, 5) is 0.125. The van der Waals surface area contributed by atoms with Crippen molar-refractivity contribution >= 4 is 10.0 Å². The van der Waals surface area contributed by atoms with Gasteiger partial charge in [0.2, 0.25) is 10.0 Å². The van der Waals surface area contributed by atoms with Gasteiger partial charge in [0.1, 0.15) is 5.75 Å². The summed E-state index contributed by atoms with van der Waals surface area (Å²) < 4.78 is 31.6. The Labute approximate surface area is 121 Å². The molecule has 0 bridgehead atoms. The van der Waals surface area contributed by atoms with Crippen molar-refractivity contribution in [2.75, 3.05) is 13.7 Å². The van der Waals surface area contributed by atoms with Crippen LogP contribution in [-0.2, 0) is 10.0 Å². The summed E-state index contributed by atoms with van der Waals surface area (Å²) in [6, 6.07) is 6.21. The second-order valence-electron chi connectivity index (χ2n) is 5.95. The van der Waals surface area contributed by atoms with E-state index in [2.05, 4.69) is 4.72 Å². The van der Waals surface area contributed by atoms with Crippen LogP contribution in [0.15, 0.2) is 29.2 Å². The summed E-state index contributed by atoms with van der Waals surface area (Å²) in [6.45, 7) is 5.98. The number of ether oxygens (including phenoxy) is 1. The zero-order valence-corrected chi connectivity index (χ0v) is 13.2. The Hall–Kier alpha value is -1.11. The molecule has 0 radical (unpaired) electrons. The van der Waals surface area contributed by atoms with Crippen LogP contribution in [0.1, 0.15) is 27.2 Å². The average Bonchev–Trinajstić information content (AvgIpc) is 2.35. The van der Waals surface area contributed by atoms with E-state index < -0.39 is 16.1 Å². The first-order valence-electron chi connectivity index (χ1n) is 6.46. The monoisotopic (exact) mass is 301 g/mol. The summed E-state index contributed by atoms with van der Waals surface area (Å²) in [7, 11) is -2.16. The van der Waals surface area contributed by atoms with Crippen LogP contribution in [0.25, 0.3) is 0 Å². The van der Waals surface area contributed by atoms with Crippen LogP contribution in [0.5, 0.6) is 5.75 Å². The maximum absolute atomic E-state index is 12.1. The molecule has 1 unspecified atom stereocenters. The van der Waals surface area contributed by atoms with Gasteiger partial charge in [-0.1, -0.05) is 26.8 Å². The largest absolute Gasteiger partial charge is 0.497 e. The molecule has 5 nitrogen and oxygen atoms in total. The van der Waals surface area contributed by atoms with Gasteiger partial charge in [-0.25, -0.2) is 13.1 Å². The van der Waals surface area contributed by atoms with Crippen LogP contribution < -0.4 is 9.46 Å². The van der Waals surface area contributed by atoms with Crippen LogP contribution in [-0.4, -0.2) is 33.3 Å². The Kier molecular flexibility index (Phi) is 5.56. The maximum atomic E-state index is 12.1. The highest BCUT2D eigenvalue weighted by molar-refractivity contribution is 7.89. The first-order valence-corrected chi connectivity index (χ1v) is 7.94. The molecule has 0 aromatic heterocycles. The number of sulfonamides is 1. The summed E-state index contributed by atoms with van der Waals surface area (Å²) in [6.07, 6.45) is -0.191. The van der Waals surface area contributed by atoms with E-state index in [1.165, 1.54) is 19.2 Å². The van der Waals surface area contributed by atoms with Crippen LogP contribution in [0.2, 0.25) is 0 Å². The number of benzene rings is 1. The van der Waals surface area contributed by atoms with Gasteiger partial charge in [0, 0.05) is 12.6 Å². The van der Waals surface area contributed by atoms with Crippen LogP contribution in [0.3, 0.4) is 0 Å². The topological polar surface area (TPSA) is 75.6 Å². The Balaban J connectivity index is 2.70. The van der Waals surface area contributed by atoms with Gasteiger partial charge in [-0.3, -0.25) is 0 Å². The van der Waals surface area contributed by atoms with Crippen LogP contribution >= 0.6 is 0 Å². The quantitative estimate of drug-likeness (QED) is 0.839. The van der Waals surface area contributed by atoms with E-state index in [0.29, 0.717) is 12.2 Å². The molecule has 0 fully saturated rings. The smallest absolute Gasteiger partial charge is 0.240 e. The molecule has 1 atom stereocenters. The van der Waals surface area contributed by atoms with Crippen molar-refractivity contribution in [2.45, 2.75) is 38.2 Å². The van der Waals surface area contributed by atoms with Gasteiger partial charge in [0.15, 0.2) is 0 Å². The highest BCUT2D eigenvalue weighted by Crippen LogP contribution is 2.21. The van der Waals surface area contributed by atoms with Crippen molar-refractivity contribution in [2.24, 2.45) is 5.41 Å². The SMILES string of the molecule is COc1cccc(S(=O)(=O)NCC(O)CC(C)(C)C)c1. The van der Waals surface area contributed by atoms with E-state index in [-0.39, 0.29) is 16.9 Å². The Morgan fingerprint density at radius 2 is 2.00 bits per heavy atom. The van der Waals surface area contributed by atoms with Gasteiger partial charge in [-0.05, 0) is 24.0 Å². The molecule has 0 heterocycles. The average molecular weight is 301 g/mol. The first kappa shape index (κ1) is 16.9. The molecule has 0 amide bonds. The molecular weight excluding hydrogens is 278 g/mol. The van der Waals surface area contributed by atoms with Crippen LogP contribution in [0.4, 0.5) is 0 Å². The predicted octanol–water partition coefficient (Wildman–Crippen LogP) is 1.77.